The Labute approximate surface area is 80.1 Å². The third-order valence-corrected chi connectivity index (χ3v) is 1.57. The van der Waals surface area contributed by atoms with Crippen LogP contribution < -0.4 is 0 Å². The Balaban J connectivity index is 3.00. The molecule has 74 valence electrons. The lowest BCUT2D eigenvalue weighted by atomic mass is 10.2. The summed E-state index contributed by atoms with van der Waals surface area (Å²) < 4.78 is 0. The number of aromatic nitrogens is 1. The maximum absolute atomic E-state index is 10.4. The molecule has 0 aliphatic heterocycles. The van der Waals surface area contributed by atoms with Gasteiger partial charge < -0.3 is 5.11 Å². The van der Waals surface area contributed by atoms with E-state index in [9.17, 15) is 10.1 Å². The fraction of sp³-hybridized carbons (Fsp3) is 0.250. The van der Waals surface area contributed by atoms with Crippen LogP contribution in [-0.4, -0.2) is 27.8 Å². The van der Waals surface area contributed by atoms with Crippen molar-refractivity contribution in [1.82, 2.24) is 4.98 Å². The molecule has 0 bridgehead atoms. The molecule has 0 atom stereocenters. The molecule has 0 amide bonds. The van der Waals surface area contributed by atoms with Gasteiger partial charge in [-0.05, 0) is 13.0 Å². The van der Waals surface area contributed by atoms with Gasteiger partial charge in [0, 0.05) is 11.8 Å². The number of aliphatic hydroxyl groups is 1. The molecule has 0 saturated carbocycles. The molecule has 0 saturated heterocycles. The second-order valence-corrected chi connectivity index (χ2v) is 2.58. The number of nitrogens with zero attached hydrogens (tertiary/aromatic N) is 3. The van der Waals surface area contributed by atoms with Crippen LogP contribution in [0.2, 0.25) is 0 Å². The summed E-state index contributed by atoms with van der Waals surface area (Å²) in [6.45, 7) is 1.43. The third-order valence-electron chi connectivity index (χ3n) is 1.57. The minimum Gasteiger partial charge on any atom is -0.391 e. The van der Waals surface area contributed by atoms with Crippen LogP contribution in [-0.2, 0) is 0 Å². The fourth-order valence-corrected chi connectivity index (χ4v) is 0.930. The molecule has 0 spiro atoms. The quantitative estimate of drug-likeness (QED) is 0.442. The maximum atomic E-state index is 10.4. The number of aliphatic imine (C=N–C) groups is 1. The summed E-state index contributed by atoms with van der Waals surface area (Å²) in [6.07, 6.45) is 2.42. The van der Waals surface area contributed by atoms with Crippen molar-refractivity contribution in [3.8, 4) is 0 Å². The smallest absolute Gasteiger partial charge is 0.290 e. The van der Waals surface area contributed by atoms with Gasteiger partial charge in [-0.3, -0.25) is 10.1 Å². The van der Waals surface area contributed by atoms with Gasteiger partial charge in [0.2, 0.25) is 0 Å². The van der Waals surface area contributed by atoms with Crippen molar-refractivity contribution < 1.29 is 10.0 Å². The molecule has 0 aliphatic carbocycles. The Kier molecular flexibility index (Phi) is 3.24. The van der Waals surface area contributed by atoms with Crippen molar-refractivity contribution in [1.29, 1.82) is 0 Å². The van der Waals surface area contributed by atoms with Gasteiger partial charge in [-0.25, -0.2) is 9.98 Å². The molecule has 6 heteroatoms. The lowest BCUT2D eigenvalue weighted by molar-refractivity contribution is -0.385. The second-order valence-electron chi connectivity index (χ2n) is 2.58. The highest BCUT2D eigenvalue weighted by atomic mass is 16.6. The summed E-state index contributed by atoms with van der Waals surface area (Å²) in [5, 5.41) is 18.9. The first-order valence-electron chi connectivity index (χ1n) is 3.89. The third kappa shape index (κ3) is 2.33. The van der Waals surface area contributed by atoms with Gasteiger partial charge in [-0.1, -0.05) is 0 Å². The summed E-state index contributed by atoms with van der Waals surface area (Å²) >= 11 is 0. The molecule has 1 heterocycles. The second kappa shape index (κ2) is 4.43. The zero-order valence-electron chi connectivity index (χ0n) is 7.54. The zero-order valence-corrected chi connectivity index (χ0v) is 7.54. The minimum absolute atomic E-state index is 0.0343. The van der Waals surface area contributed by atoms with Crippen LogP contribution in [0.3, 0.4) is 0 Å². The number of nitro groups is 1. The Morgan fingerprint density at radius 3 is 3.00 bits per heavy atom. The molecule has 6 nitrogen and oxygen atoms in total. The standard InChI is InChI=1S/C8H9N3O3/c1-6-4-8(9-2-3-12)10-5-7(6)11(13)14/h2,4-5,12H,3H2,1H3. The van der Waals surface area contributed by atoms with Crippen LogP contribution in [0.1, 0.15) is 5.56 Å². The first kappa shape index (κ1) is 10.3. The lowest BCUT2D eigenvalue weighted by Gasteiger charge is -1.96. The predicted octanol–water partition coefficient (Wildman–Crippen LogP) is 0.993. The highest BCUT2D eigenvalue weighted by molar-refractivity contribution is 5.63. The minimum atomic E-state index is -0.498. The van der Waals surface area contributed by atoms with Crippen molar-refractivity contribution in [2.45, 2.75) is 6.92 Å². The summed E-state index contributed by atoms with van der Waals surface area (Å²) in [7, 11) is 0. The topological polar surface area (TPSA) is 88.6 Å². The van der Waals surface area contributed by atoms with Gasteiger partial charge in [0.1, 0.15) is 6.20 Å². The molecule has 14 heavy (non-hydrogen) atoms. The number of aryl methyl sites for hydroxylation is 1. The fourth-order valence-electron chi connectivity index (χ4n) is 0.930. The van der Waals surface area contributed by atoms with E-state index in [1.54, 1.807) is 6.92 Å². The highest BCUT2D eigenvalue weighted by Gasteiger charge is 2.10. The average molecular weight is 195 g/mol. The predicted molar refractivity (Wildman–Crippen MR) is 50.9 cm³/mol. The van der Waals surface area contributed by atoms with Crippen molar-refractivity contribution in [2.75, 3.05) is 6.61 Å². The molecule has 1 N–H and O–H groups in total. The molecular formula is C8H9N3O3. The summed E-state index contributed by atoms with van der Waals surface area (Å²) in [4.78, 5) is 17.5. The van der Waals surface area contributed by atoms with Crippen molar-refractivity contribution in [3.63, 3.8) is 0 Å². The number of hydrogen-bond donors (Lipinski definition) is 1. The molecule has 0 fully saturated rings. The van der Waals surface area contributed by atoms with Gasteiger partial charge in [0.05, 0.1) is 11.5 Å². The molecule has 1 aromatic heterocycles. The highest BCUT2D eigenvalue weighted by Crippen LogP contribution is 2.19. The van der Waals surface area contributed by atoms with E-state index < -0.39 is 4.92 Å². The van der Waals surface area contributed by atoms with Crippen molar-refractivity contribution >= 4 is 17.7 Å². The molecule has 0 aliphatic rings. The number of hydrogen-bond acceptors (Lipinski definition) is 5. The Bertz CT molecular complexity index is 376. The zero-order chi connectivity index (χ0) is 10.6. The first-order chi connectivity index (χ1) is 6.65. The van der Waals surface area contributed by atoms with Crippen molar-refractivity contribution in [3.05, 3.63) is 27.9 Å². The monoisotopic (exact) mass is 195 g/mol. The summed E-state index contributed by atoms with van der Waals surface area (Å²) in [5.41, 5.74) is 0.461. The van der Waals surface area contributed by atoms with E-state index in [2.05, 4.69) is 9.98 Å². The molecule has 0 aromatic carbocycles. The van der Waals surface area contributed by atoms with E-state index in [-0.39, 0.29) is 12.3 Å². The lowest BCUT2D eigenvalue weighted by Crippen LogP contribution is -1.92. The van der Waals surface area contributed by atoms with Gasteiger partial charge in [-0.15, -0.1) is 0 Å². The number of pyridine rings is 1. The van der Waals surface area contributed by atoms with Crippen LogP contribution in [0, 0.1) is 17.0 Å². The van der Waals surface area contributed by atoms with Crippen LogP contribution >= 0.6 is 0 Å². The van der Waals surface area contributed by atoms with Crippen LogP contribution in [0.5, 0.6) is 0 Å². The maximum Gasteiger partial charge on any atom is 0.290 e. The van der Waals surface area contributed by atoms with E-state index in [1.807, 2.05) is 0 Å². The van der Waals surface area contributed by atoms with Gasteiger partial charge in [0.15, 0.2) is 5.82 Å². The van der Waals surface area contributed by atoms with Gasteiger partial charge in [0.25, 0.3) is 5.69 Å². The van der Waals surface area contributed by atoms with E-state index in [0.717, 1.165) is 6.20 Å². The molecule has 0 unspecified atom stereocenters. The van der Waals surface area contributed by atoms with E-state index in [4.69, 9.17) is 5.11 Å². The Morgan fingerprint density at radius 1 is 1.79 bits per heavy atom. The van der Waals surface area contributed by atoms with E-state index in [0.29, 0.717) is 11.4 Å². The number of aliphatic hydroxyl groups excluding tert-OH is 1. The summed E-state index contributed by atoms with van der Waals surface area (Å²) in [6, 6.07) is 1.49. The van der Waals surface area contributed by atoms with Crippen LogP contribution in [0.15, 0.2) is 17.3 Å². The Hall–Kier alpha value is -1.82. The Morgan fingerprint density at radius 2 is 2.50 bits per heavy atom. The first-order valence-corrected chi connectivity index (χ1v) is 3.89. The van der Waals surface area contributed by atoms with E-state index >= 15 is 0 Å². The summed E-state index contributed by atoms with van der Waals surface area (Å²) in [5.74, 6) is 0.349. The molecular weight excluding hydrogens is 186 g/mol. The van der Waals surface area contributed by atoms with E-state index in [1.165, 1.54) is 12.3 Å². The normalized spacial score (nSPS) is 10.7. The molecule has 1 aromatic rings. The SMILES string of the molecule is Cc1cc(N=CCO)ncc1[N+](=O)[O-]. The van der Waals surface area contributed by atoms with Gasteiger partial charge >= 0.3 is 0 Å². The van der Waals surface area contributed by atoms with Crippen molar-refractivity contribution in [2.24, 2.45) is 4.99 Å². The van der Waals surface area contributed by atoms with Gasteiger partial charge in [-0.2, -0.15) is 0 Å². The van der Waals surface area contributed by atoms with Crippen LogP contribution in [0.4, 0.5) is 11.5 Å². The average Bonchev–Trinajstić information content (AvgIpc) is 2.14. The van der Waals surface area contributed by atoms with Crippen LogP contribution in [0.25, 0.3) is 0 Å². The number of rotatable bonds is 3. The largest absolute Gasteiger partial charge is 0.391 e. The molecule has 0 radical (unpaired) electrons. The molecule has 1 rings (SSSR count).